The van der Waals surface area contributed by atoms with Crippen LogP contribution in [0.4, 0.5) is 5.69 Å². The molecule has 1 aliphatic rings. The summed E-state index contributed by atoms with van der Waals surface area (Å²) in [5.41, 5.74) is 3.12. The largest absolute Gasteiger partial charge is 0.369 e. The summed E-state index contributed by atoms with van der Waals surface area (Å²) in [6.45, 7) is 8.04. The van der Waals surface area contributed by atoms with Gasteiger partial charge in [-0.15, -0.1) is 0 Å². The van der Waals surface area contributed by atoms with E-state index in [-0.39, 0.29) is 11.0 Å². The molecule has 1 aliphatic heterocycles. The van der Waals surface area contributed by atoms with E-state index >= 15 is 0 Å². The Balaban J connectivity index is 1.34. The molecule has 0 aliphatic carbocycles. The SMILES string of the molecule is CC(C)S(=O)(=O)Cc1cccc(N2CCN(Cc3cnn(-c4ccccn4)c3)CC2)c1. The van der Waals surface area contributed by atoms with Crippen molar-refractivity contribution >= 4 is 15.5 Å². The number of anilines is 1. The van der Waals surface area contributed by atoms with Gasteiger partial charge in [0.25, 0.3) is 0 Å². The van der Waals surface area contributed by atoms with Crippen LogP contribution >= 0.6 is 0 Å². The Morgan fingerprint density at radius 3 is 2.52 bits per heavy atom. The minimum atomic E-state index is -3.10. The fourth-order valence-corrected chi connectivity index (χ4v) is 4.70. The summed E-state index contributed by atoms with van der Waals surface area (Å²) >= 11 is 0. The van der Waals surface area contributed by atoms with Gasteiger partial charge in [-0.05, 0) is 43.7 Å². The smallest absolute Gasteiger partial charge is 0.156 e. The fraction of sp³-hybridized carbons (Fsp3) is 0.391. The van der Waals surface area contributed by atoms with E-state index in [1.54, 1.807) is 20.0 Å². The van der Waals surface area contributed by atoms with Crippen molar-refractivity contribution in [3.8, 4) is 5.82 Å². The van der Waals surface area contributed by atoms with Gasteiger partial charge in [-0.2, -0.15) is 5.10 Å². The first kappa shape index (κ1) is 21.5. The van der Waals surface area contributed by atoms with E-state index in [9.17, 15) is 8.42 Å². The van der Waals surface area contributed by atoms with Gasteiger partial charge >= 0.3 is 0 Å². The van der Waals surface area contributed by atoms with Crippen molar-refractivity contribution in [2.75, 3.05) is 31.1 Å². The van der Waals surface area contributed by atoms with Gasteiger partial charge in [0.1, 0.15) is 0 Å². The number of benzene rings is 1. The van der Waals surface area contributed by atoms with Crippen LogP contribution in [-0.4, -0.2) is 59.5 Å². The molecule has 1 saturated heterocycles. The monoisotopic (exact) mass is 439 g/mol. The molecule has 1 fully saturated rings. The molecule has 2 aromatic heterocycles. The molecule has 164 valence electrons. The standard InChI is InChI=1S/C23H29N5O2S/c1-19(2)31(29,30)18-20-6-5-7-22(14-20)27-12-10-26(11-13-27)16-21-15-25-28(17-21)23-8-3-4-9-24-23/h3-9,14-15,17,19H,10-13,16,18H2,1-2H3. The summed E-state index contributed by atoms with van der Waals surface area (Å²) in [7, 11) is -3.10. The fourth-order valence-electron chi connectivity index (χ4n) is 3.72. The second kappa shape index (κ2) is 9.20. The number of pyridine rings is 1. The normalized spacial score (nSPS) is 15.5. The third-order valence-electron chi connectivity index (χ3n) is 5.66. The van der Waals surface area contributed by atoms with Gasteiger partial charge in [-0.25, -0.2) is 18.1 Å². The van der Waals surface area contributed by atoms with E-state index in [0.29, 0.717) is 0 Å². The molecule has 7 nitrogen and oxygen atoms in total. The van der Waals surface area contributed by atoms with Gasteiger partial charge in [-0.1, -0.05) is 18.2 Å². The molecule has 31 heavy (non-hydrogen) atoms. The number of sulfone groups is 1. The van der Waals surface area contributed by atoms with Crippen molar-refractivity contribution in [1.82, 2.24) is 19.7 Å². The van der Waals surface area contributed by atoms with E-state index in [1.165, 1.54) is 5.56 Å². The Hall–Kier alpha value is -2.71. The zero-order valence-electron chi connectivity index (χ0n) is 18.1. The maximum absolute atomic E-state index is 12.3. The van der Waals surface area contributed by atoms with Gasteiger partial charge in [0.15, 0.2) is 15.7 Å². The van der Waals surface area contributed by atoms with E-state index < -0.39 is 9.84 Å². The van der Waals surface area contributed by atoms with Crippen LogP contribution in [0.25, 0.3) is 5.82 Å². The summed E-state index contributed by atoms with van der Waals surface area (Å²) in [5, 5.41) is 4.07. The number of hydrogen-bond acceptors (Lipinski definition) is 6. The van der Waals surface area contributed by atoms with Crippen LogP contribution in [0, 0.1) is 0 Å². The summed E-state index contributed by atoms with van der Waals surface area (Å²) in [5.74, 6) is 0.913. The molecule has 4 rings (SSSR count). The van der Waals surface area contributed by atoms with E-state index in [1.807, 2.05) is 53.5 Å². The molecule has 1 aromatic carbocycles. The molecule has 0 atom stereocenters. The van der Waals surface area contributed by atoms with Crippen molar-refractivity contribution in [2.45, 2.75) is 31.4 Å². The van der Waals surface area contributed by atoms with E-state index in [4.69, 9.17) is 0 Å². The molecule has 0 N–H and O–H groups in total. The van der Waals surface area contributed by atoms with E-state index in [0.717, 1.165) is 49.8 Å². The topological polar surface area (TPSA) is 71.3 Å². The number of piperazine rings is 1. The van der Waals surface area contributed by atoms with Gasteiger partial charge in [0.2, 0.25) is 0 Å². The lowest BCUT2D eigenvalue weighted by Gasteiger charge is -2.36. The predicted octanol–water partition coefficient (Wildman–Crippen LogP) is 2.91. The third kappa shape index (κ3) is 5.32. The van der Waals surface area contributed by atoms with Crippen LogP contribution < -0.4 is 4.90 Å². The van der Waals surface area contributed by atoms with Crippen molar-refractivity contribution in [3.63, 3.8) is 0 Å². The molecule has 0 bridgehead atoms. The lowest BCUT2D eigenvalue weighted by molar-refractivity contribution is 0.250. The lowest BCUT2D eigenvalue weighted by Crippen LogP contribution is -2.45. The van der Waals surface area contributed by atoms with Crippen molar-refractivity contribution in [2.24, 2.45) is 0 Å². The molecule has 0 unspecified atom stereocenters. The van der Waals surface area contributed by atoms with Crippen molar-refractivity contribution in [3.05, 3.63) is 72.2 Å². The summed E-state index contributed by atoms with van der Waals surface area (Å²) in [6, 6.07) is 13.7. The van der Waals surface area contributed by atoms with Crippen molar-refractivity contribution in [1.29, 1.82) is 0 Å². The molecule has 0 amide bonds. The Kier molecular flexibility index (Phi) is 6.38. The minimum absolute atomic E-state index is 0.0960. The maximum Gasteiger partial charge on any atom is 0.156 e. The highest BCUT2D eigenvalue weighted by Crippen LogP contribution is 2.21. The lowest BCUT2D eigenvalue weighted by atomic mass is 10.2. The van der Waals surface area contributed by atoms with Crippen LogP contribution in [0.2, 0.25) is 0 Å². The molecular weight excluding hydrogens is 410 g/mol. The molecule has 0 spiro atoms. The van der Waals surface area contributed by atoms with Gasteiger partial charge in [0.05, 0.1) is 17.2 Å². The molecule has 0 radical (unpaired) electrons. The number of aromatic nitrogens is 3. The van der Waals surface area contributed by atoms with Gasteiger partial charge in [0, 0.05) is 56.4 Å². The second-order valence-electron chi connectivity index (χ2n) is 8.27. The average Bonchev–Trinajstić information content (AvgIpc) is 3.23. The van der Waals surface area contributed by atoms with Gasteiger partial charge in [-0.3, -0.25) is 4.90 Å². The zero-order valence-corrected chi connectivity index (χ0v) is 18.9. The first-order valence-electron chi connectivity index (χ1n) is 10.6. The Labute approximate surface area is 184 Å². The van der Waals surface area contributed by atoms with Crippen LogP contribution in [-0.2, 0) is 22.1 Å². The molecule has 0 saturated carbocycles. The van der Waals surface area contributed by atoms with Gasteiger partial charge < -0.3 is 4.90 Å². The van der Waals surface area contributed by atoms with Crippen LogP contribution in [0.1, 0.15) is 25.0 Å². The highest BCUT2D eigenvalue weighted by molar-refractivity contribution is 7.91. The Morgan fingerprint density at radius 1 is 1.00 bits per heavy atom. The number of rotatable bonds is 7. The van der Waals surface area contributed by atoms with Crippen molar-refractivity contribution < 1.29 is 8.42 Å². The number of hydrogen-bond donors (Lipinski definition) is 0. The third-order valence-corrected chi connectivity index (χ3v) is 7.83. The quantitative estimate of drug-likeness (QED) is 0.564. The second-order valence-corrected chi connectivity index (χ2v) is 10.8. The summed E-state index contributed by atoms with van der Waals surface area (Å²) < 4.78 is 26.3. The minimum Gasteiger partial charge on any atom is -0.369 e. The maximum atomic E-state index is 12.3. The molecule has 8 heteroatoms. The van der Waals surface area contributed by atoms with Crippen LogP contribution in [0.15, 0.2) is 61.1 Å². The summed E-state index contributed by atoms with van der Waals surface area (Å²) in [6.07, 6.45) is 5.70. The summed E-state index contributed by atoms with van der Waals surface area (Å²) in [4.78, 5) is 9.09. The average molecular weight is 440 g/mol. The molecule has 3 heterocycles. The highest BCUT2D eigenvalue weighted by atomic mass is 32.2. The molecule has 3 aromatic rings. The first-order chi connectivity index (χ1) is 14.9. The zero-order chi connectivity index (χ0) is 21.8. The Morgan fingerprint density at radius 2 is 1.81 bits per heavy atom. The molecular formula is C23H29N5O2S. The Bertz CT molecular complexity index is 1100. The first-order valence-corrected chi connectivity index (χ1v) is 12.3. The van der Waals surface area contributed by atoms with Crippen LogP contribution in [0.5, 0.6) is 0 Å². The highest BCUT2D eigenvalue weighted by Gasteiger charge is 2.20. The number of nitrogens with zero attached hydrogens (tertiary/aromatic N) is 5. The van der Waals surface area contributed by atoms with E-state index in [2.05, 4.69) is 25.9 Å². The predicted molar refractivity (Wildman–Crippen MR) is 123 cm³/mol. The van der Waals surface area contributed by atoms with Crippen LogP contribution in [0.3, 0.4) is 0 Å².